The zero-order chi connectivity index (χ0) is 56.2. The summed E-state index contributed by atoms with van der Waals surface area (Å²) in [6.45, 7) is 4.60. The van der Waals surface area contributed by atoms with Crippen LogP contribution in [-0.2, 0) is 33.3 Å². The Hall–Kier alpha value is -3.53. The van der Waals surface area contributed by atoms with E-state index in [0.29, 0.717) is 17.4 Å². The second kappa shape index (κ2) is 58.6. The van der Waals surface area contributed by atoms with Crippen LogP contribution in [0.2, 0.25) is 0 Å². The Balaban J connectivity index is 4.12. The number of unbranched alkanes of at least 4 members (excludes halogenated alkanes) is 29. The summed E-state index contributed by atoms with van der Waals surface area (Å²) in [5.41, 5.74) is 0. The summed E-state index contributed by atoms with van der Waals surface area (Å²) in [7, 11) is 5.91. The Morgan fingerprint density at radius 2 is 0.740 bits per heavy atom. The molecule has 0 aliphatic heterocycles. The van der Waals surface area contributed by atoms with E-state index in [9.17, 15) is 19.5 Å². The van der Waals surface area contributed by atoms with Gasteiger partial charge in [-0.25, -0.2) is 0 Å². The summed E-state index contributed by atoms with van der Waals surface area (Å²) in [4.78, 5) is 37.3. The lowest BCUT2D eigenvalue weighted by Gasteiger charge is -2.26. The van der Waals surface area contributed by atoms with E-state index in [1.807, 2.05) is 21.1 Å². The number of hydrogen-bond donors (Lipinski definition) is 0. The van der Waals surface area contributed by atoms with E-state index in [1.165, 1.54) is 161 Å². The summed E-state index contributed by atoms with van der Waals surface area (Å²) in [5.74, 6) is -2.32. The molecule has 9 heteroatoms. The number of nitrogens with zero attached hydrogens (tertiary/aromatic N) is 1. The number of carbonyl (C=O) groups excluding carboxylic acids is 3. The number of carboxylic acid groups (broad SMARTS) is 1. The first kappa shape index (κ1) is 73.5. The standard InChI is InChI=1S/C68H119NO8/c1-6-8-10-12-14-16-18-20-22-24-26-27-28-29-30-31-32-33-34-35-36-37-38-39-41-42-44-46-48-50-52-54-56-58-65(70)75-62-64(63-76-68(67(72)73)74-61-60-69(3,4)5)77-66(71)59-57-55-53-51-49-47-45-43-40-25-23-21-19-17-15-13-11-9-7-2/h9,11,15,17-18,20-21,23-24,26,40,43,47,49,64,68H,6-8,10,12-14,16,19,22,25,27-39,41-42,44-46,48,50-63H2,1-5H3/b11-9-,17-15-,20-18-,23-21-,26-24-,43-40-,49-47-. The van der Waals surface area contributed by atoms with Crippen LogP contribution in [0.15, 0.2) is 85.1 Å². The van der Waals surface area contributed by atoms with Crippen LogP contribution in [0.1, 0.15) is 271 Å². The quantitative estimate of drug-likeness (QED) is 0.0195. The molecular formula is C68H119NO8. The second-order valence-corrected chi connectivity index (χ2v) is 22.3. The number of allylic oxidation sites excluding steroid dienone is 14. The molecule has 0 amide bonds. The molecule has 0 heterocycles. The molecule has 0 N–H and O–H groups in total. The number of likely N-dealkylation sites (N-methyl/N-ethyl adjacent to an activating group) is 1. The van der Waals surface area contributed by atoms with Gasteiger partial charge in [0.2, 0.25) is 0 Å². The molecular weight excluding hydrogens is 959 g/mol. The summed E-state index contributed by atoms with van der Waals surface area (Å²) < 4.78 is 22.7. The molecule has 9 nitrogen and oxygen atoms in total. The van der Waals surface area contributed by atoms with Crippen molar-refractivity contribution in [2.75, 3.05) is 47.5 Å². The van der Waals surface area contributed by atoms with Gasteiger partial charge in [0.25, 0.3) is 0 Å². The van der Waals surface area contributed by atoms with Gasteiger partial charge in [0.15, 0.2) is 12.4 Å². The van der Waals surface area contributed by atoms with Crippen LogP contribution in [-0.4, -0.2) is 82.3 Å². The van der Waals surface area contributed by atoms with Crippen molar-refractivity contribution >= 4 is 17.9 Å². The highest BCUT2D eigenvalue weighted by Crippen LogP contribution is 2.17. The molecule has 444 valence electrons. The lowest BCUT2D eigenvalue weighted by molar-refractivity contribution is -0.870. The van der Waals surface area contributed by atoms with E-state index in [0.717, 1.165) is 77.0 Å². The van der Waals surface area contributed by atoms with E-state index >= 15 is 0 Å². The first-order chi connectivity index (χ1) is 37.6. The molecule has 0 spiro atoms. The van der Waals surface area contributed by atoms with Crippen LogP contribution in [0, 0.1) is 0 Å². The molecule has 0 aliphatic carbocycles. The highest BCUT2D eigenvalue weighted by Gasteiger charge is 2.22. The first-order valence-corrected chi connectivity index (χ1v) is 31.7. The van der Waals surface area contributed by atoms with Crippen molar-refractivity contribution in [1.82, 2.24) is 0 Å². The molecule has 0 saturated heterocycles. The SMILES string of the molecule is CC/C=C\C/C=C\C/C=C\C/C=C\C/C=C\CCCCCC(=O)OC(COC(=O)CCCCCCCCCCCCCCCCCCCCCCC/C=C\C/C=C\CCCCCCC)COC(OCC[N+](C)(C)C)C(=O)[O-]. The fourth-order valence-electron chi connectivity index (χ4n) is 8.77. The molecule has 77 heavy (non-hydrogen) atoms. The number of ether oxygens (including phenoxy) is 4. The maximum Gasteiger partial charge on any atom is 0.306 e. The largest absolute Gasteiger partial charge is 0.545 e. The number of quaternary nitrogens is 1. The first-order valence-electron chi connectivity index (χ1n) is 31.7. The minimum Gasteiger partial charge on any atom is -0.545 e. The highest BCUT2D eigenvalue weighted by atomic mass is 16.7. The van der Waals surface area contributed by atoms with Gasteiger partial charge in [-0.1, -0.05) is 253 Å². The van der Waals surface area contributed by atoms with Crippen molar-refractivity contribution in [3.63, 3.8) is 0 Å². The molecule has 0 fully saturated rings. The van der Waals surface area contributed by atoms with Crippen LogP contribution < -0.4 is 5.11 Å². The number of aliphatic carboxylic acids is 1. The number of carboxylic acids is 1. The maximum atomic E-state index is 12.9. The van der Waals surface area contributed by atoms with E-state index < -0.39 is 24.3 Å². The Labute approximate surface area is 474 Å². The fourth-order valence-corrected chi connectivity index (χ4v) is 8.77. The molecule has 0 aromatic carbocycles. The van der Waals surface area contributed by atoms with Crippen molar-refractivity contribution in [2.45, 2.75) is 283 Å². The van der Waals surface area contributed by atoms with Crippen LogP contribution in [0.25, 0.3) is 0 Å². The number of rotatable bonds is 58. The summed E-state index contributed by atoms with van der Waals surface area (Å²) in [6.07, 6.45) is 75.2. The normalized spacial score (nSPS) is 13.3. The van der Waals surface area contributed by atoms with E-state index in [1.54, 1.807) is 0 Å². The Morgan fingerprint density at radius 1 is 0.403 bits per heavy atom. The predicted octanol–water partition coefficient (Wildman–Crippen LogP) is 17.8. The molecule has 0 aliphatic rings. The van der Waals surface area contributed by atoms with Gasteiger partial charge >= 0.3 is 11.9 Å². The molecule has 0 bridgehead atoms. The van der Waals surface area contributed by atoms with Gasteiger partial charge in [-0.05, 0) is 89.9 Å². The molecule has 0 radical (unpaired) electrons. The zero-order valence-corrected chi connectivity index (χ0v) is 50.6. The summed E-state index contributed by atoms with van der Waals surface area (Å²) in [6, 6.07) is 0. The van der Waals surface area contributed by atoms with Crippen LogP contribution in [0.4, 0.5) is 0 Å². The minimum absolute atomic E-state index is 0.138. The molecule has 2 atom stereocenters. The number of carbonyl (C=O) groups is 3. The molecule has 0 saturated carbocycles. The zero-order valence-electron chi connectivity index (χ0n) is 50.6. The highest BCUT2D eigenvalue weighted by molar-refractivity contribution is 5.70. The van der Waals surface area contributed by atoms with Crippen molar-refractivity contribution < 1.29 is 42.9 Å². The smallest absolute Gasteiger partial charge is 0.306 e. The number of hydrogen-bond acceptors (Lipinski definition) is 8. The predicted molar refractivity (Wildman–Crippen MR) is 324 cm³/mol. The van der Waals surface area contributed by atoms with E-state index in [4.69, 9.17) is 18.9 Å². The van der Waals surface area contributed by atoms with Crippen LogP contribution >= 0.6 is 0 Å². The molecule has 2 unspecified atom stereocenters. The third-order valence-corrected chi connectivity index (χ3v) is 13.6. The molecule has 0 rings (SSSR count). The van der Waals surface area contributed by atoms with Gasteiger partial charge in [-0.2, -0.15) is 0 Å². The Morgan fingerprint density at radius 3 is 1.12 bits per heavy atom. The van der Waals surface area contributed by atoms with Crippen LogP contribution in [0.5, 0.6) is 0 Å². The topological polar surface area (TPSA) is 111 Å². The lowest BCUT2D eigenvalue weighted by Crippen LogP contribution is -2.44. The van der Waals surface area contributed by atoms with Crippen molar-refractivity contribution in [3.05, 3.63) is 85.1 Å². The summed E-state index contributed by atoms with van der Waals surface area (Å²) in [5, 5.41) is 11.8. The fraction of sp³-hybridized carbons (Fsp3) is 0.750. The maximum absolute atomic E-state index is 12.9. The Bertz CT molecular complexity index is 1540. The van der Waals surface area contributed by atoms with Crippen molar-refractivity contribution in [3.8, 4) is 0 Å². The number of esters is 2. The van der Waals surface area contributed by atoms with Crippen molar-refractivity contribution in [1.29, 1.82) is 0 Å². The molecule has 0 aromatic rings. The van der Waals surface area contributed by atoms with Gasteiger partial charge in [0.05, 0.1) is 40.3 Å². The monoisotopic (exact) mass is 1080 g/mol. The Kier molecular flexibility index (Phi) is 55.9. The average Bonchev–Trinajstić information content (AvgIpc) is 3.40. The summed E-state index contributed by atoms with van der Waals surface area (Å²) >= 11 is 0. The van der Waals surface area contributed by atoms with Gasteiger partial charge in [0, 0.05) is 12.8 Å². The van der Waals surface area contributed by atoms with Gasteiger partial charge in [-0.3, -0.25) is 9.59 Å². The third kappa shape index (κ3) is 60.0. The minimum atomic E-state index is -1.63. The van der Waals surface area contributed by atoms with Crippen LogP contribution in [0.3, 0.4) is 0 Å². The lowest BCUT2D eigenvalue weighted by atomic mass is 10.0. The van der Waals surface area contributed by atoms with Gasteiger partial charge in [0.1, 0.15) is 13.2 Å². The molecule has 0 aromatic heterocycles. The van der Waals surface area contributed by atoms with Gasteiger partial charge in [-0.15, -0.1) is 0 Å². The van der Waals surface area contributed by atoms with Crippen molar-refractivity contribution in [2.24, 2.45) is 0 Å². The van der Waals surface area contributed by atoms with E-state index in [-0.39, 0.29) is 38.6 Å². The average molecular weight is 1080 g/mol. The third-order valence-electron chi connectivity index (χ3n) is 13.6. The second-order valence-electron chi connectivity index (χ2n) is 22.3. The van der Waals surface area contributed by atoms with E-state index in [2.05, 4.69) is 98.9 Å². The van der Waals surface area contributed by atoms with Gasteiger partial charge < -0.3 is 33.3 Å².